The lowest BCUT2D eigenvalue weighted by Gasteiger charge is -2.35. The number of nitriles is 1. The van der Waals surface area contributed by atoms with Crippen molar-refractivity contribution in [1.82, 2.24) is 5.32 Å². The first kappa shape index (κ1) is 30.7. The quantitative estimate of drug-likeness (QED) is 0.184. The van der Waals surface area contributed by atoms with E-state index in [2.05, 4.69) is 11.4 Å². The fourth-order valence-corrected chi connectivity index (χ4v) is 5.06. The average molecular weight is 595 g/mol. The first-order chi connectivity index (χ1) is 21.4. The van der Waals surface area contributed by atoms with Gasteiger partial charge in [-0.05, 0) is 64.6 Å². The summed E-state index contributed by atoms with van der Waals surface area (Å²) in [6.45, 7) is 2.80. The van der Waals surface area contributed by atoms with Crippen LogP contribution in [0.3, 0.4) is 0 Å². The van der Waals surface area contributed by atoms with E-state index in [-0.39, 0.29) is 26.4 Å². The standard InChI is InChI=1S/C35H34N2O7/c1-24-29(11-6-12-30(24)28-13-14-31-32(18-28)43-16-15-42-31)22-41-23-33(38)35(34(39)40,37-20-25-7-3-2-4-8-25)44-21-27-10-5-9-26(17-27)19-36/h2-14,17-18,33,37-38H,15-16,20-23H2,1H3,(H,39,40). The molecule has 0 spiro atoms. The van der Waals surface area contributed by atoms with E-state index in [1.54, 1.807) is 24.3 Å². The van der Waals surface area contributed by atoms with Crippen LogP contribution in [-0.2, 0) is 34.0 Å². The molecule has 0 saturated heterocycles. The molecule has 0 radical (unpaired) electrons. The molecule has 5 rings (SSSR count). The van der Waals surface area contributed by atoms with Crippen molar-refractivity contribution >= 4 is 5.97 Å². The van der Waals surface area contributed by atoms with Crippen LogP contribution in [0.15, 0.2) is 91.0 Å². The summed E-state index contributed by atoms with van der Waals surface area (Å²) >= 11 is 0. The number of aliphatic carboxylic acids is 1. The molecule has 1 heterocycles. The van der Waals surface area contributed by atoms with Crippen molar-refractivity contribution in [2.24, 2.45) is 0 Å². The number of benzene rings is 4. The van der Waals surface area contributed by atoms with Crippen LogP contribution in [0, 0.1) is 18.3 Å². The number of hydrogen-bond acceptors (Lipinski definition) is 8. The van der Waals surface area contributed by atoms with Crippen LogP contribution in [0.2, 0.25) is 0 Å². The Morgan fingerprint density at radius 2 is 1.70 bits per heavy atom. The fraction of sp³-hybridized carbons (Fsp3) is 0.257. The van der Waals surface area contributed by atoms with Crippen molar-refractivity contribution < 1.29 is 34.0 Å². The number of aliphatic hydroxyl groups is 1. The van der Waals surface area contributed by atoms with E-state index in [1.165, 1.54) is 0 Å². The van der Waals surface area contributed by atoms with Gasteiger partial charge in [0.2, 0.25) is 5.72 Å². The van der Waals surface area contributed by atoms with Gasteiger partial charge in [-0.2, -0.15) is 5.26 Å². The molecule has 4 aromatic rings. The number of fused-ring (bicyclic) bond motifs is 1. The van der Waals surface area contributed by atoms with Gasteiger partial charge < -0.3 is 29.2 Å². The van der Waals surface area contributed by atoms with E-state index in [0.29, 0.717) is 35.8 Å². The van der Waals surface area contributed by atoms with Crippen LogP contribution < -0.4 is 14.8 Å². The third kappa shape index (κ3) is 7.08. The van der Waals surface area contributed by atoms with Gasteiger partial charge in [0.05, 0.1) is 31.5 Å². The lowest BCUT2D eigenvalue weighted by atomic mass is 9.96. The van der Waals surface area contributed by atoms with E-state index in [9.17, 15) is 20.3 Å². The van der Waals surface area contributed by atoms with Gasteiger partial charge in [-0.1, -0.05) is 66.7 Å². The normalized spacial score (nSPS) is 14.3. The van der Waals surface area contributed by atoms with Crippen LogP contribution >= 0.6 is 0 Å². The maximum atomic E-state index is 12.7. The zero-order valence-electron chi connectivity index (χ0n) is 24.4. The van der Waals surface area contributed by atoms with Crippen molar-refractivity contribution in [1.29, 1.82) is 5.26 Å². The van der Waals surface area contributed by atoms with E-state index >= 15 is 0 Å². The van der Waals surface area contributed by atoms with Crippen LogP contribution in [0.25, 0.3) is 11.1 Å². The highest BCUT2D eigenvalue weighted by molar-refractivity contribution is 5.78. The molecular formula is C35H34N2O7. The molecule has 0 saturated carbocycles. The molecule has 1 aliphatic rings. The van der Waals surface area contributed by atoms with Crippen molar-refractivity contribution in [2.45, 2.75) is 38.5 Å². The molecule has 9 heteroatoms. The highest BCUT2D eigenvalue weighted by Crippen LogP contribution is 2.36. The summed E-state index contributed by atoms with van der Waals surface area (Å²) in [5.74, 6) is 0.0250. The van der Waals surface area contributed by atoms with E-state index in [0.717, 1.165) is 27.8 Å². The van der Waals surface area contributed by atoms with Gasteiger partial charge in [0.25, 0.3) is 0 Å². The van der Waals surface area contributed by atoms with Gasteiger partial charge in [-0.3, -0.25) is 5.32 Å². The number of rotatable bonds is 13. The Kier molecular flexibility index (Phi) is 9.89. The van der Waals surface area contributed by atoms with E-state index in [4.69, 9.17) is 18.9 Å². The molecule has 0 aromatic heterocycles. The van der Waals surface area contributed by atoms with Gasteiger partial charge in [0, 0.05) is 6.54 Å². The van der Waals surface area contributed by atoms with E-state index in [1.807, 2.05) is 73.7 Å². The lowest BCUT2D eigenvalue weighted by Crippen LogP contribution is -2.63. The summed E-state index contributed by atoms with van der Waals surface area (Å²) in [6, 6.07) is 29.7. The van der Waals surface area contributed by atoms with Crippen molar-refractivity contribution in [3.63, 3.8) is 0 Å². The molecule has 2 atom stereocenters. The molecular weight excluding hydrogens is 560 g/mol. The largest absolute Gasteiger partial charge is 0.486 e. The molecule has 2 unspecified atom stereocenters. The van der Waals surface area contributed by atoms with Gasteiger partial charge in [-0.15, -0.1) is 0 Å². The highest BCUT2D eigenvalue weighted by Gasteiger charge is 2.47. The van der Waals surface area contributed by atoms with E-state index < -0.39 is 17.8 Å². The first-order valence-electron chi connectivity index (χ1n) is 14.3. The lowest BCUT2D eigenvalue weighted by molar-refractivity contribution is -0.202. The summed E-state index contributed by atoms with van der Waals surface area (Å²) in [5, 5.41) is 33.9. The zero-order valence-corrected chi connectivity index (χ0v) is 24.4. The number of carboxylic acid groups (broad SMARTS) is 1. The number of carbonyl (C=O) groups is 1. The Morgan fingerprint density at radius 3 is 2.48 bits per heavy atom. The smallest absolute Gasteiger partial charge is 0.354 e. The molecule has 44 heavy (non-hydrogen) atoms. The number of nitrogens with zero attached hydrogens (tertiary/aromatic N) is 1. The molecule has 0 amide bonds. The van der Waals surface area contributed by atoms with Gasteiger partial charge in [0.1, 0.15) is 19.3 Å². The predicted octanol–water partition coefficient (Wildman–Crippen LogP) is 4.97. The Bertz CT molecular complexity index is 1640. The minimum Gasteiger partial charge on any atom is -0.486 e. The van der Waals surface area contributed by atoms with Crippen molar-refractivity contribution in [3.8, 4) is 28.7 Å². The second-order valence-corrected chi connectivity index (χ2v) is 10.5. The zero-order chi connectivity index (χ0) is 30.9. The van der Waals surface area contributed by atoms with Crippen LogP contribution in [-0.4, -0.2) is 47.8 Å². The molecule has 1 aliphatic heterocycles. The minimum atomic E-state index is -2.19. The number of nitrogens with one attached hydrogen (secondary N) is 1. The number of ether oxygens (including phenoxy) is 4. The summed E-state index contributed by atoms with van der Waals surface area (Å²) in [4.78, 5) is 12.7. The number of hydrogen-bond donors (Lipinski definition) is 3. The predicted molar refractivity (Wildman–Crippen MR) is 163 cm³/mol. The van der Waals surface area contributed by atoms with Gasteiger partial charge in [0.15, 0.2) is 11.5 Å². The molecule has 0 aliphatic carbocycles. The molecule has 0 fully saturated rings. The summed E-state index contributed by atoms with van der Waals surface area (Å²) in [5.41, 5.74) is 3.47. The monoisotopic (exact) mass is 594 g/mol. The van der Waals surface area contributed by atoms with Crippen molar-refractivity contribution in [3.05, 3.63) is 119 Å². The maximum Gasteiger partial charge on any atom is 0.354 e. The topological polar surface area (TPSA) is 130 Å². The molecule has 0 bridgehead atoms. The summed E-state index contributed by atoms with van der Waals surface area (Å²) in [7, 11) is 0. The third-order valence-corrected chi connectivity index (χ3v) is 7.54. The van der Waals surface area contributed by atoms with Crippen LogP contribution in [0.1, 0.15) is 27.8 Å². The Labute approximate surface area is 256 Å². The number of carboxylic acids is 1. The summed E-state index contributed by atoms with van der Waals surface area (Å²) < 4.78 is 23.2. The SMILES string of the molecule is Cc1c(COCC(O)C(NCc2ccccc2)(OCc2cccc(C#N)c2)C(=O)O)cccc1-c1ccc2c(c1)OCCO2. The molecule has 9 nitrogen and oxygen atoms in total. The minimum absolute atomic E-state index is 0.124. The fourth-order valence-electron chi connectivity index (χ4n) is 5.06. The van der Waals surface area contributed by atoms with Gasteiger partial charge in [-0.25, -0.2) is 4.79 Å². The molecule has 226 valence electrons. The highest BCUT2D eigenvalue weighted by atomic mass is 16.6. The van der Waals surface area contributed by atoms with Crippen LogP contribution in [0.4, 0.5) is 0 Å². The Morgan fingerprint density at radius 1 is 0.955 bits per heavy atom. The third-order valence-electron chi connectivity index (χ3n) is 7.54. The Hall–Kier alpha value is -4.72. The number of aliphatic hydroxyl groups excluding tert-OH is 1. The van der Waals surface area contributed by atoms with Gasteiger partial charge >= 0.3 is 5.97 Å². The first-order valence-corrected chi connectivity index (χ1v) is 14.3. The average Bonchev–Trinajstić information content (AvgIpc) is 3.06. The second-order valence-electron chi connectivity index (χ2n) is 10.5. The maximum absolute atomic E-state index is 12.7. The van der Waals surface area contributed by atoms with Crippen LogP contribution in [0.5, 0.6) is 11.5 Å². The Balaban J connectivity index is 1.31. The molecule has 4 aromatic carbocycles. The van der Waals surface area contributed by atoms with Crippen molar-refractivity contribution in [2.75, 3.05) is 19.8 Å². The second kappa shape index (κ2) is 14.2. The molecule has 3 N–H and O–H groups in total. The summed E-state index contributed by atoms with van der Waals surface area (Å²) in [6.07, 6.45) is -1.58.